The minimum absolute atomic E-state index is 0.642. The van der Waals surface area contributed by atoms with Gasteiger partial charge in [0.1, 0.15) is 0 Å². The van der Waals surface area contributed by atoms with Crippen molar-refractivity contribution in [3.05, 3.63) is 0 Å². The summed E-state index contributed by atoms with van der Waals surface area (Å²) in [5, 5.41) is 3.45. The predicted octanol–water partition coefficient (Wildman–Crippen LogP) is 2.12. The van der Waals surface area contributed by atoms with Crippen LogP contribution in [0.1, 0.15) is 39.5 Å². The number of nitrogens with zero attached hydrogens (tertiary/aromatic N) is 1. The molecule has 3 nitrogen and oxygen atoms in total. The smallest absolute Gasteiger partial charge is 0.0593 e. The van der Waals surface area contributed by atoms with Crippen LogP contribution in [0.15, 0.2) is 0 Å². The Labute approximate surface area is 107 Å². The van der Waals surface area contributed by atoms with Crippen molar-refractivity contribution in [2.75, 3.05) is 39.9 Å². The molecule has 0 radical (unpaired) electrons. The molecule has 0 heterocycles. The molecular weight excluding hydrogens is 212 g/mol. The summed E-state index contributed by atoms with van der Waals surface area (Å²) < 4.78 is 5.66. The van der Waals surface area contributed by atoms with Gasteiger partial charge in [-0.1, -0.05) is 6.92 Å². The van der Waals surface area contributed by atoms with Gasteiger partial charge >= 0.3 is 0 Å². The molecule has 0 aromatic rings. The molecule has 1 N–H and O–H groups in total. The van der Waals surface area contributed by atoms with E-state index in [2.05, 4.69) is 31.1 Å². The molecule has 1 unspecified atom stereocenters. The predicted molar refractivity (Wildman–Crippen MR) is 73.4 cm³/mol. The molecule has 1 aliphatic rings. The van der Waals surface area contributed by atoms with Gasteiger partial charge in [-0.2, -0.15) is 0 Å². The van der Waals surface area contributed by atoms with Gasteiger partial charge in [0.25, 0.3) is 0 Å². The van der Waals surface area contributed by atoms with E-state index in [1.807, 2.05) is 0 Å². The van der Waals surface area contributed by atoms with Crippen LogP contribution < -0.4 is 5.32 Å². The van der Waals surface area contributed by atoms with Crippen LogP contribution in [0.3, 0.4) is 0 Å². The summed E-state index contributed by atoms with van der Waals surface area (Å²) in [6, 6.07) is 0.642. The van der Waals surface area contributed by atoms with Gasteiger partial charge in [0.2, 0.25) is 0 Å². The average Bonchev–Trinajstić information content (AvgIpc) is 3.13. The number of ether oxygens (including phenoxy) is 1. The van der Waals surface area contributed by atoms with E-state index < -0.39 is 0 Å². The van der Waals surface area contributed by atoms with Crippen LogP contribution in [0.25, 0.3) is 0 Å². The third kappa shape index (κ3) is 7.74. The molecule has 1 fully saturated rings. The first-order valence-corrected chi connectivity index (χ1v) is 7.22. The molecule has 1 aliphatic carbocycles. The Kier molecular flexibility index (Phi) is 7.82. The standard InChI is InChI=1S/C14H30N2O/c1-4-8-15-9-7-13(2)16(3)10-11-17-12-14-5-6-14/h13-15H,4-12H2,1-3H3. The summed E-state index contributed by atoms with van der Waals surface area (Å²) in [4.78, 5) is 2.40. The lowest BCUT2D eigenvalue weighted by molar-refractivity contribution is 0.0924. The number of rotatable bonds is 11. The van der Waals surface area contributed by atoms with Crippen LogP contribution in [0.2, 0.25) is 0 Å². The van der Waals surface area contributed by atoms with Gasteiger partial charge in [0.15, 0.2) is 0 Å². The number of hydrogen-bond donors (Lipinski definition) is 1. The SMILES string of the molecule is CCCNCCC(C)N(C)CCOCC1CC1. The van der Waals surface area contributed by atoms with E-state index in [1.54, 1.807) is 0 Å². The minimum Gasteiger partial charge on any atom is -0.380 e. The van der Waals surface area contributed by atoms with Crippen LogP contribution >= 0.6 is 0 Å². The van der Waals surface area contributed by atoms with E-state index >= 15 is 0 Å². The summed E-state index contributed by atoms with van der Waals surface area (Å²) in [6.07, 6.45) is 5.21. The van der Waals surface area contributed by atoms with Crippen molar-refractivity contribution in [2.45, 2.75) is 45.6 Å². The van der Waals surface area contributed by atoms with Gasteiger partial charge in [-0.05, 0) is 58.7 Å². The fourth-order valence-electron chi connectivity index (χ4n) is 1.80. The normalized spacial score (nSPS) is 17.6. The van der Waals surface area contributed by atoms with Crippen molar-refractivity contribution in [2.24, 2.45) is 5.92 Å². The zero-order valence-corrected chi connectivity index (χ0v) is 11.9. The second-order valence-electron chi connectivity index (χ2n) is 5.39. The maximum absolute atomic E-state index is 5.66. The molecular formula is C14H30N2O. The second kappa shape index (κ2) is 8.90. The first-order chi connectivity index (χ1) is 8.24. The average molecular weight is 242 g/mol. The van der Waals surface area contributed by atoms with Crippen molar-refractivity contribution < 1.29 is 4.74 Å². The first kappa shape index (κ1) is 14.9. The van der Waals surface area contributed by atoms with Crippen molar-refractivity contribution in [3.8, 4) is 0 Å². The quantitative estimate of drug-likeness (QED) is 0.562. The lowest BCUT2D eigenvalue weighted by Gasteiger charge is -2.24. The Morgan fingerprint density at radius 3 is 2.76 bits per heavy atom. The molecule has 102 valence electrons. The summed E-state index contributed by atoms with van der Waals surface area (Å²) in [5.74, 6) is 0.885. The fourth-order valence-corrected chi connectivity index (χ4v) is 1.80. The monoisotopic (exact) mass is 242 g/mol. The lowest BCUT2D eigenvalue weighted by Crippen LogP contribution is -2.34. The highest BCUT2D eigenvalue weighted by Gasteiger charge is 2.21. The van der Waals surface area contributed by atoms with E-state index in [9.17, 15) is 0 Å². The third-order valence-corrected chi connectivity index (χ3v) is 3.56. The molecule has 0 amide bonds. The van der Waals surface area contributed by atoms with Gasteiger partial charge in [0.05, 0.1) is 6.61 Å². The molecule has 0 bridgehead atoms. The number of nitrogens with one attached hydrogen (secondary N) is 1. The molecule has 17 heavy (non-hydrogen) atoms. The van der Waals surface area contributed by atoms with Gasteiger partial charge in [-0.15, -0.1) is 0 Å². The Hall–Kier alpha value is -0.120. The van der Waals surface area contributed by atoms with Gasteiger partial charge in [-0.3, -0.25) is 0 Å². The Balaban J connectivity index is 1.90. The maximum Gasteiger partial charge on any atom is 0.0593 e. The summed E-state index contributed by atoms with van der Waals surface area (Å²) in [5.41, 5.74) is 0. The first-order valence-electron chi connectivity index (χ1n) is 7.22. The van der Waals surface area contributed by atoms with E-state index in [1.165, 1.54) is 25.7 Å². The van der Waals surface area contributed by atoms with Gasteiger partial charge in [0, 0.05) is 19.2 Å². The van der Waals surface area contributed by atoms with Crippen molar-refractivity contribution in [3.63, 3.8) is 0 Å². The highest BCUT2D eigenvalue weighted by Crippen LogP contribution is 2.28. The largest absolute Gasteiger partial charge is 0.380 e. The fraction of sp³-hybridized carbons (Fsp3) is 1.00. The number of likely N-dealkylation sites (N-methyl/N-ethyl adjacent to an activating group) is 1. The molecule has 1 saturated carbocycles. The molecule has 0 aromatic heterocycles. The molecule has 0 aromatic carbocycles. The van der Waals surface area contributed by atoms with E-state index in [0.29, 0.717) is 6.04 Å². The Morgan fingerprint density at radius 1 is 1.35 bits per heavy atom. The highest BCUT2D eigenvalue weighted by atomic mass is 16.5. The van der Waals surface area contributed by atoms with Crippen molar-refractivity contribution in [1.82, 2.24) is 10.2 Å². The highest BCUT2D eigenvalue weighted by molar-refractivity contribution is 4.72. The topological polar surface area (TPSA) is 24.5 Å². The van der Waals surface area contributed by atoms with Crippen molar-refractivity contribution >= 4 is 0 Å². The molecule has 0 spiro atoms. The zero-order valence-electron chi connectivity index (χ0n) is 11.9. The van der Waals surface area contributed by atoms with E-state index in [0.717, 1.165) is 38.8 Å². The molecule has 0 aliphatic heterocycles. The van der Waals surface area contributed by atoms with Gasteiger partial charge < -0.3 is 15.0 Å². The zero-order chi connectivity index (χ0) is 12.5. The van der Waals surface area contributed by atoms with Crippen LogP contribution in [-0.2, 0) is 4.74 Å². The van der Waals surface area contributed by atoms with Crippen LogP contribution in [0.5, 0.6) is 0 Å². The summed E-state index contributed by atoms with van der Waals surface area (Å²) in [6.45, 7) is 9.71. The van der Waals surface area contributed by atoms with Crippen LogP contribution in [0.4, 0.5) is 0 Å². The number of hydrogen-bond acceptors (Lipinski definition) is 3. The van der Waals surface area contributed by atoms with E-state index in [4.69, 9.17) is 4.74 Å². The third-order valence-electron chi connectivity index (χ3n) is 3.56. The van der Waals surface area contributed by atoms with E-state index in [-0.39, 0.29) is 0 Å². The second-order valence-corrected chi connectivity index (χ2v) is 5.39. The summed E-state index contributed by atoms with van der Waals surface area (Å²) >= 11 is 0. The Morgan fingerprint density at radius 2 is 2.12 bits per heavy atom. The molecule has 0 saturated heterocycles. The van der Waals surface area contributed by atoms with Gasteiger partial charge in [-0.25, -0.2) is 0 Å². The van der Waals surface area contributed by atoms with Crippen LogP contribution in [-0.4, -0.2) is 50.8 Å². The lowest BCUT2D eigenvalue weighted by atomic mass is 10.2. The minimum atomic E-state index is 0.642. The molecule has 1 atom stereocenters. The molecule has 3 heteroatoms. The Bertz CT molecular complexity index is 183. The van der Waals surface area contributed by atoms with Crippen molar-refractivity contribution in [1.29, 1.82) is 0 Å². The summed E-state index contributed by atoms with van der Waals surface area (Å²) in [7, 11) is 2.20. The van der Waals surface area contributed by atoms with Crippen LogP contribution in [0, 0.1) is 5.92 Å². The maximum atomic E-state index is 5.66. The molecule has 1 rings (SSSR count).